The molecule has 1 heterocycles. The second-order valence-electron chi connectivity index (χ2n) is 7.13. The van der Waals surface area contributed by atoms with Crippen molar-refractivity contribution in [3.8, 4) is 0 Å². The number of hydrogen-bond donors (Lipinski definition) is 0. The summed E-state index contributed by atoms with van der Waals surface area (Å²) in [4.78, 5) is 3.66. The van der Waals surface area contributed by atoms with Crippen molar-refractivity contribution in [1.82, 2.24) is 4.90 Å². The fraction of sp³-hybridized carbons (Fsp3) is 0.474. The Kier molecular flexibility index (Phi) is 4.82. The maximum atomic E-state index is 13.5. The topological polar surface area (TPSA) is 3.24 Å². The Bertz CT molecular complexity index is 749. The number of rotatable bonds is 3. The number of nitrogens with zero attached hydrogens (tertiary/aromatic N) is 1. The minimum atomic E-state index is -0.132. The third kappa shape index (κ3) is 3.19. The zero-order chi connectivity index (χ0) is 15.3. The Hall–Kier alpha value is -0.900. The molecule has 23 heavy (non-hydrogen) atoms. The van der Waals surface area contributed by atoms with E-state index in [1.165, 1.54) is 35.9 Å². The molecule has 1 saturated carbocycles. The lowest BCUT2D eigenvalue weighted by Crippen LogP contribution is -2.21. The van der Waals surface area contributed by atoms with Crippen LogP contribution in [-0.2, 0) is 0 Å². The average molecular weight is 352 g/mol. The first-order chi connectivity index (χ1) is 10.6. The summed E-state index contributed by atoms with van der Waals surface area (Å²) in [6.45, 7) is 1.06. The highest BCUT2D eigenvalue weighted by Crippen LogP contribution is 2.50. The molecule has 4 rings (SSSR count). The van der Waals surface area contributed by atoms with Crippen molar-refractivity contribution in [3.63, 3.8) is 0 Å². The van der Waals surface area contributed by atoms with E-state index in [1.807, 2.05) is 6.07 Å². The summed E-state index contributed by atoms with van der Waals surface area (Å²) in [5.74, 6) is 1.50. The van der Waals surface area contributed by atoms with Crippen LogP contribution < -0.4 is 0 Å². The molecule has 0 amide bonds. The van der Waals surface area contributed by atoms with Crippen LogP contribution in [0.15, 0.2) is 29.8 Å². The number of halogens is 2. The SMILES string of the molecule is CN(C)CC1=C(c2cc3ccc(F)cc3s2)[C@@H]2CC[C@H](C1)C2.Cl. The van der Waals surface area contributed by atoms with E-state index in [-0.39, 0.29) is 18.2 Å². The molecular formula is C19H23ClFNS. The fourth-order valence-electron chi connectivity index (χ4n) is 4.31. The van der Waals surface area contributed by atoms with Crippen molar-refractivity contribution < 1.29 is 4.39 Å². The zero-order valence-electron chi connectivity index (χ0n) is 13.6. The number of hydrogen-bond acceptors (Lipinski definition) is 2. The van der Waals surface area contributed by atoms with Crippen LogP contribution in [0.1, 0.15) is 30.6 Å². The van der Waals surface area contributed by atoms with Crippen LogP contribution in [-0.4, -0.2) is 25.5 Å². The Morgan fingerprint density at radius 3 is 2.83 bits per heavy atom. The number of benzene rings is 1. The summed E-state index contributed by atoms with van der Waals surface area (Å²) >= 11 is 1.77. The van der Waals surface area contributed by atoms with Gasteiger partial charge in [0.2, 0.25) is 0 Å². The molecule has 1 fully saturated rings. The van der Waals surface area contributed by atoms with Gasteiger partial charge in [-0.2, -0.15) is 0 Å². The first-order valence-electron chi connectivity index (χ1n) is 8.16. The van der Waals surface area contributed by atoms with E-state index < -0.39 is 0 Å². The van der Waals surface area contributed by atoms with Crippen LogP contribution in [0.5, 0.6) is 0 Å². The highest BCUT2D eigenvalue weighted by atomic mass is 35.5. The van der Waals surface area contributed by atoms with Gasteiger partial charge in [-0.05, 0) is 80.8 Å². The maximum absolute atomic E-state index is 13.5. The van der Waals surface area contributed by atoms with Crippen molar-refractivity contribution in [3.05, 3.63) is 40.5 Å². The molecule has 2 atom stereocenters. The molecule has 4 heteroatoms. The second kappa shape index (κ2) is 6.54. The minimum Gasteiger partial charge on any atom is -0.305 e. The van der Waals surface area contributed by atoms with E-state index in [9.17, 15) is 4.39 Å². The second-order valence-corrected chi connectivity index (χ2v) is 8.21. The number of fused-ring (bicyclic) bond motifs is 3. The molecule has 0 radical (unpaired) electrons. The van der Waals surface area contributed by atoms with Gasteiger partial charge in [-0.1, -0.05) is 11.6 Å². The molecule has 0 aliphatic heterocycles. The van der Waals surface area contributed by atoms with Gasteiger partial charge in [-0.25, -0.2) is 4.39 Å². The molecule has 2 aliphatic rings. The van der Waals surface area contributed by atoms with Gasteiger partial charge >= 0.3 is 0 Å². The van der Waals surface area contributed by atoms with E-state index >= 15 is 0 Å². The number of allylic oxidation sites excluding steroid dienone is 1. The lowest BCUT2D eigenvalue weighted by Gasteiger charge is -2.28. The minimum absolute atomic E-state index is 0. The van der Waals surface area contributed by atoms with E-state index in [1.54, 1.807) is 34.6 Å². The molecule has 0 spiro atoms. The quantitative estimate of drug-likeness (QED) is 0.696. The average Bonchev–Trinajstić information content (AvgIpc) is 3.02. The van der Waals surface area contributed by atoms with Gasteiger partial charge in [-0.15, -0.1) is 23.7 Å². The predicted octanol–water partition coefficient (Wildman–Crippen LogP) is 5.60. The summed E-state index contributed by atoms with van der Waals surface area (Å²) in [5, 5.41) is 1.18. The van der Waals surface area contributed by atoms with Gasteiger partial charge in [0.05, 0.1) is 0 Å². The van der Waals surface area contributed by atoms with Crippen molar-refractivity contribution >= 4 is 39.4 Å². The third-order valence-corrected chi connectivity index (χ3v) is 6.25. The van der Waals surface area contributed by atoms with E-state index in [0.717, 1.165) is 23.1 Å². The molecule has 1 nitrogen and oxygen atoms in total. The summed E-state index contributed by atoms with van der Waals surface area (Å²) in [6.07, 6.45) is 5.33. The van der Waals surface area contributed by atoms with E-state index in [4.69, 9.17) is 0 Å². The summed E-state index contributed by atoms with van der Waals surface area (Å²) in [5.41, 5.74) is 3.21. The summed E-state index contributed by atoms with van der Waals surface area (Å²) < 4.78 is 14.6. The third-order valence-electron chi connectivity index (χ3n) is 5.12. The molecule has 2 bridgehead atoms. The zero-order valence-corrected chi connectivity index (χ0v) is 15.3. The Labute approximate surface area is 147 Å². The molecular weight excluding hydrogens is 329 g/mol. The fourth-order valence-corrected chi connectivity index (χ4v) is 5.57. The molecule has 0 saturated heterocycles. The van der Waals surface area contributed by atoms with Gasteiger partial charge < -0.3 is 4.90 Å². The van der Waals surface area contributed by atoms with Gasteiger partial charge in [-0.3, -0.25) is 0 Å². The summed E-state index contributed by atoms with van der Waals surface area (Å²) in [6, 6.07) is 7.44. The van der Waals surface area contributed by atoms with E-state index in [2.05, 4.69) is 25.1 Å². The van der Waals surface area contributed by atoms with Gasteiger partial charge in [0.25, 0.3) is 0 Å². The monoisotopic (exact) mass is 351 g/mol. The largest absolute Gasteiger partial charge is 0.305 e. The van der Waals surface area contributed by atoms with Crippen molar-refractivity contribution in [2.75, 3.05) is 20.6 Å². The van der Waals surface area contributed by atoms with Crippen molar-refractivity contribution in [2.24, 2.45) is 11.8 Å². The van der Waals surface area contributed by atoms with Crippen LogP contribution in [0.4, 0.5) is 4.39 Å². The van der Waals surface area contributed by atoms with Crippen molar-refractivity contribution in [2.45, 2.75) is 25.7 Å². The van der Waals surface area contributed by atoms with Crippen LogP contribution in [0.25, 0.3) is 15.7 Å². The molecule has 0 N–H and O–H groups in total. The maximum Gasteiger partial charge on any atom is 0.124 e. The van der Waals surface area contributed by atoms with Gasteiger partial charge in [0.1, 0.15) is 5.82 Å². The lowest BCUT2D eigenvalue weighted by atomic mass is 9.82. The molecule has 1 aromatic heterocycles. The Balaban J connectivity index is 0.00000156. The smallest absolute Gasteiger partial charge is 0.124 e. The van der Waals surface area contributed by atoms with Crippen LogP contribution >= 0.6 is 23.7 Å². The highest BCUT2D eigenvalue weighted by Gasteiger charge is 2.35. The number of likely N-dealkylation sites (N-methyl/N-ethyl adjacent to an activating group) is 1. The molecule has 1 aromatic carbocycles. The predicted molar refractivity (Wildman–Crippen MR) is 100.0 cm³/mol. The van der Waals surface area contributed by atoms with Crippen molar-refractivity contribution in [1.29, 1.82) is 0 Å². The van der Waals surface area contributed by atoms with E-state index in [0.29, 0.717) is 0 Å². The Morgan fingerprint density at radius 2 is 2.04 bits per heavy atom. The molecule has 2 aromatic rings. The first-order valence-corrected chi connectivity index (χ1v) is 8.98. The van der Waals surface area contributed by atoms with Crippen LogP contribution in [0, 0.1) is 17.7 Å². The van der Waals surface area contributed by atoms with Crippen LogP contribution in [0.3, 0.4) is 0 Å². The van der Waals surface area contributed by atoms with Gasteiger partial charge in [0.15, 0.2) is 0 Å². The first kappa shape index (κ1) is 16.9. The lowest BCUT2D eigenvalue weighted by molar-refractivity contribution is 0.413. The molecule has 2 aliphatic carbocycles. The molecule has 124 valence electrons. The Morgan fingerprint density at radius 1 is 1.22 bits per heavy atom. The standard InChI is InChI=1S/C19H22FNS.ClH/c1-21(2)11-15-8-12-3-4-14(7-12)19(15)18-9-13-5-6-16(20)10-17(13)22-18;/h5-6,9-10,12,14H,3-4,7-8,11H2,1-2H3;1H/t12-,14+;/m0./s1. The van der Waals surface area contributed by atoms with Crippen LogP contribution in [0.2, 0.25) is 0 Å². The molecule has 0 unspecified atom stereocenters. The summed E-state index contributed by atoms with van der Waals surface area (Å²) in [7, 11) is 4.31. The highest BCUT2D eigenvalue weighted by molar-refractivity contribution is 7.20. The normalized spacial score (nSPS) is 23.7. The van der Waals surface area contributed by atoms with Gasteiger partial charge in [0, 0.05) is 16.1 Å². The number of thiophene rings is 1.